The minimum Gasteiger partial charge on any atom is -0.255 e. The van der Waals surface area contributed by atoms with Gasteiger partial charge in [-0.3, -0.25) is 4.99 Å². The molecule has 0 aromatic heterocycles. The van der Waals surface area contributed by atoms with Crippen LogP contribution < -0.4 is 0 Å². The summed E-state index contributed by atoms with van der Waals surface area (Å²) in [5.41, 5.74) is 1.86. The molecule has 15 heavy (non-hydrogen) atoms. The molecule has 2 aromatic rings. The van der Waals surface area contributed by atoms with Crippen LogP contribution in [0.25, 0.3) is 0 Å². The smallest absolute Gasteiger partial charge is 0.0816 e. The Morgan fingerprint density at radius 1 is 0.867 bits per heavy atom. The largest absolute Gasteiger partial charge is 0.255 e. The van der Waals surface area contributed by atoms with Gasteiger partial charge in [0.05, 0.1) is 10.7 Å². The lowest BCUT2D eigenvalue weighted by Gasteiger charge is -1.96. The lowest BCUT2D eigenvalue weighted by atomic mass is 10.2. The van der Waals surface area contributed by atoms with Crippen molar-refractivity contribution in [1.82, 2.24) is 0 Å². The second kappa shape index (κ2) is 4.76. The zero-order chi connectivity index (χ0) is 10.5. The van der Waals surface area contributed by atoms with E-state index in [9.17, 15) is 0 Å². The summed E-state index contributed by atoms with van der Waals surface area (Å²) in [7, 11) is 0. The fraction of sp³-hybridized carbons (Fsp3) is 0. The Morgan fingerprint density at radius 2 is 1.53 bits per heavy atom. The SMILES string of the molecule is Clc1ccccc1/N=C/c1ccccc1. The number of aliphatic imine (C=N–C) groups is 1. The normalized spacial score (nSPS) is 10.7. The van der Waals surface area contributed by atoms with Crippen molar-refractivity contribution >= 4 is 23.5 Å². The molecule has 0 fully saturated rings. The third kappa shape index (κ3) is 2.67. The first kappa shape index (κ1) is 9.94. The highest BCUT2D eigenvalue weighted by Crippen LogP contribution is 2.23. The molecule has 0 unspecified atom stereocenters. The van der Waals surface area contributed by atoms with Gasteiger partial charge in [-0.25, -0.2) is 0 Å². The number of para-hydroxylation sites is 1. The van der Waals surface area contributed by atoms with Gasteiger partial charge in [-0.05, 0) is 17.7 Å². The number of hydrogen-bond donors (Lipinski definition) is 0. The summed E-state index contributed by atoms with van der Waals surface area (Å²) < 4.78 is 0. The fourth-order valence-corrected chi connectivity index (χ4v) is 1.42. The summed E-state index contributed by atoms with van der Waals surface area (Å²) in [6, 6.07) is 17.5. The van der Waals surface area contributed by atoms with Crippen LogP contribution in [0, 0.1) is 0 Å². The molecule has 1 nitrogen and oxygen atoms in total. The van der Waals surface area contributed by atoms with Gasteiger partial charge in [-0.2, -0.15) is 0 Å². The summed E-state index contributed by atoms with van der Waals surface area (Å²) in [4.78, 5) is 4.32. The molecule has 0 spiro atoms. The molecule has 74 valence electrons. The van der Waals surface area contributed by atoms with Crippen molar-refractivity contribution in [3.8, 4) is 0 Å². The van der Waals surface area contributed by atoms with E-state index < -0.39 is 0 Å². The molecule has 2 aromatic carbocycles. The Morgan fingerprint density at radius 3 is 2.27 bits per heavy atom. The third-order valence-electron chi connectivity index (χ3n) is 2.00. The predicted molar refractivity (Wildman–Crippen MR) is 65.1 cm³/mol. The van der Waals surface area contributed by atoms with Crippen LogP contribution >= 0.6 is 11.6 Å². The van der Waals surface area contributed by atoms with Gasteiger partial charge in [-0.1, -0.05) is 54.1 Å². The van der Waals surface area contributed by atoms with Crippen LogP contribution in [0.4, 0.5) is 5.69 Å². The Bertz CT molecular complexity index is 463. The highest BCUT2D eigenvalue weighted by Gasteiger charge is 1.93. The molecule has 0 N–H and O–H groups in total. The van der Waals surface area contributed by atoms with Gasteiger partial charge in [0.2, 0.25) is 0 Å². The second-order valence-electron chi connectivity index (χ2n) is 3.12. The molecule has 0 aliphatic heterocycles. The predicted octanol–water partition coefficient (Wildman–Crippen LogP) is 4.09. The fourth-order valence-electron chi connectivity index (χ4n) is 1.24. The van der Waals surface area contributed by atoms with Crippen molar-refractivity contribution in [3.63, 3.8) is 0 Å². The molecule has 0 amide bonds. The van der Waals surface area contributed by atoms with E-state index in [-0.39, 0.29) is 0 Å². The second-order valence-corrected chi connectivity index (χ2v) is 3.53. The third-order valence-corrected chi connectivity index (χ3v) is 2.32. The van der Waals surface area contributed by atoms with Crippen LogP contribution in [-0.2, 0) is 0 Å². The average molecular weight is 216 g/mol. The zero-order valence-electron chi connectivity index (χ0n) is 8.10. The van der Waals surface area contributed by atoms with E-state index in [4.69, 9.17) is 11.6 Å². The Balaban J connectivity index is 2.23. The maximum Gasteiger partial charge on any atom is 0.0816 e. The number of halogens is 1. The first-order valence-electron chi connectivity index (χ1n) is 4.70. The van der Waals surface area contributed by atoms with Crippen LogP contribution in [0.2, 0.25) is 5.02 Å². The van der Waals surface area contributed by atoms with E-state index in [0.29, 0.717) is 5.02 Å². The molecular formula is C13H10ClN. The van der Waals surface area contributed by atoms with Crippen molar-refractivity contribution in [3.05, 3.63) is 65.2 Å². The van der Waals surface area contributed by atoms with Crippen LogP contribution in [0.15, 0.2) is 59.6 Å². The molecule has 0 atom stereocenters. The number of hydrogen-bond acceptors (Lipinski definition) is 1. The van der Waals surface area contributed by atoms with Crippen LogP contribution in [0.1, 0.15) is 5.56 Å². The molecule has 0 bridgehead atoms. The van der Waals surface area contributed by atoms with Crippen LogP contribution in [-0.4, -0.2) is 6.21 Å². The minimum atomic E-state index is 0.671. The lowest BCUT2D eigenvalue weighted by Crippen LogP contribution is -1.78. The van der Waals surface area contributed by atoms with E-state index in [2.05, 4.69) is 4.99 Å². The lowest BCUT2D eigenvalue weighted by molar-refractivity contribution is 1.52. The monoisotopic (exact) mass is 215 g/mol. The summed E-state index contributed by atoms with van der Waals surface area (Å²) in [5, 5.41) is 0.671. The average Bonchev–Trinajstić information content (AvgIpc) is 2.29. The first-order valence-corrected chi connectivity index (χ1v) is 5.08. The molecule has 0 saturated heterocycles. The van der Waals surface area contributed by atoms with E-state index in [1.54, 1.807) is 6.21 Å². The van der Waals surface area contributed by atoms with Crippen LogP contribution in [0.5, 0.6) is 0 Å². The summed E-state index contributed by atoms with van der Waals surface area (Å²) in [6.07, 6.45) is 1.81. The van der Waals surface area contributed by atoms with E-state index >= 15 is 0 Å². The zero-order valence-corrected chi connectivity index (χ0v) is 8.85. The number of benzene rings is 2. The quantitative estimate of drug-likeness (QED) is 0.669. The van der Waals surface area contributed by atoms with Gasteiger partial charge < -0.3 is 0 Å². The highest BCUT2D eigenvalue weighted by molar-refractivity contribution is 6.33. The van der Waals surface area contributed by atoms with Crippen molar-refractivity contribution in [1.29, 1.82) is 0 Å². The van der Waals surface area contributed by atoms with Gasteiger partial charge in [0.1, 0.15) is 0 Å². The Kier molecular flexibility index (Phi) is 3.15. The van der Waals surface area contributed by atoms with Gasteiger partial charge in [0, 0.05) is 6.21 Å². The van der Waals surface area contributed by atoms with Gasteiger partial charge in [0.15, 0.2) is 0 Å². The molecule has 0 heterocycles. The van der Waals surface area contributed by atoms with Gasteiger partial charge in [-0.15, -0.1) is 0 Å². The maximum absolute atomic E-state index is 5.98. The van der Waals surface area contributed by atoms with E-state index in [0.717, 1.165) is 11.3 Å². The van der Waals surface area contributed by atoms with E-state index in [1.807, 2.05) is 54.6 Å². The van der Waals surface area contributed by atoms with Crippen molar-refractivity contribution < 1.29 is 0 Å². The van der Waals surface area contributed by atoms with Crippen molar-refractivity contribution in [2.24, 2.45) is 4.99 Å². The van der Waals surface area contributed by atoms with E-state index in [1.165, 1.54) is 0 Å². The minimum absolute atomic E-state index is 0.671. The molecular weight excluding hydrogens is 206 g/mol. The Hall–Kier alpha value is -1.60. The van der Waals surface area contributed by atoms with Crippen LogP contribution in [0.3, 0.4) is 0 Å². The highest BCUT2D eigenvalue weighted by atomic mass is 35.5. The molecule has 0 aliphatic carbocycles. The van der Waals surface area contributed by atoms with Crippen molar-refractivity contribution in [2.75, 3.05) is 0 Å². The summed E-state index contributed by atoms with van der Waals surface area (Å²) in [5.74, 6) is 0. The first-order chi connectivity index (χ1) is 7.36. The summed E-state index contributed by atoms with van der Waals surface area (Å²) >= 11 is 5.98. The standard InChI is InChI=1S/C13H10ClN/c14-12-8-4-5-9-13(12)15-10-11-6-2-1-3-7-11/h1-10H/b15-10+. The van der Waals surface area contributed by atoms with Crippen molar-refractivity contribution in [2.45, 2.75) is 0 Å². The molecule has 0 saturated carbocycles. The number of rotatable bonds is 2. The molecule has 2 rings (SSSR count). The van der Waals surface area contributed by atoms with Gasteiger partial charge in [0.25, 0.3) is 0 Å². The molecule has 0 radical (unpaired) electrons. The summed E-state index contributed by atoms with van der Waals surface area (Å²) in [6.45, 7) is 0. The topological polar surface area (TPSA) is 12.4 Å². The maximum atomic E-state index is 5.98. The molecule has 0 aliphatic rings. The number of nitrogens with zero attached hydrogens (tertiary/aromatic N) is 1. The molecule has 2 heteroatoms. The Labute approximate surface area is 94.1 Å². The van der Waals surface area contributed by atoms with Gasteiger partial charge >= 0.3 is 0 Å².